The van der Waals surface area contributed by atoms with Gasteiger partial charge in [0.15, 0.2) is 5.79 Å². The lowest BCUT2D eigenvalue weighted by Crippen LogP contribution is -2.40. The van der Waals surface area contributed by atoms with Crippen LogP contribution in [0.3, 0.4) is 0 Å². The van der Waals surface area contributed by atoms with Crippen LogP contribution in [0.5, 0.6) is 0 Å². The van der Waals surface area contributed by atoms with E-state index in [-0.39, 0.29) is 11.5 Å². The van der Waals surface area contributed by atoms with Crippen molar-refractivity contribution in [2.75, 3.05) is 13.2 Å². The molecule has 0 bridgehead atoms. The largest absolute Gasteiger partial charge is 0.394 e. The van der Waals surface area contributed by atoms with E-state index in [1.165, 1.54) is 12.1 Å². The molecule has 0 saturated carbocycles. The first-order valence-electron chi connectivity index (χ1n) is 7.25. The van der Waals surface area contributed by atoms with Crippen molar-refractivity contribution in [2.24, 2.45) is 0 Å². The minimum Gasteiger partial charge on any atom is -0.394 e. The van der Waals surface area contributed by atoms with Gasteiger partial charge in [-0.1, -0.05) is 17.7 Å². The molecule has 0 radical (unpaired) electrons. The maximum Gasteiger partial charge on any atom is 0.297 e. The van der Waals surface area contributed by atoms with Gasteiger partial charge in [-0.15, -0.1) is 0 Å². The van der Waals surface area contributed by atoms with Crippen LogP contribution in [0, 0.1) is 6.92 Å². The van der Waals surface area contributed by atoms with Crippen LogP contribution in [0.25, 0.3) is 0 Å². The monoisotopic (exact) mass is 346 g/mol. The minimum absolute atomic E-state index is 0.0422. The molecule has 1 aromatic rings. The van der Waals surface area contributed by atoms with Gasteiger partial charge in [-0.3, -0.25) is 4.18 Å². The molecule has 1 aliphatic heterocycles. The third kappa shape index (κ3) is 4.50. The highest BCUT2D eigenvalue weighted by Gasteiger charge is 2.45. The maximum absolute atomic E-state index is 12.2. The lowest BCUT2D eigenvalue weighted by atomic mass is 10.1. The molecule has 1 saturated heterocycles. The fraction of sp³-hybridized carbons (Fsp3) is 0.600. The van der Waals surface area contributed by atoms with E-state index in [0.29, 0.717) is 0 Å². The van der Waals surface area contributed by atoms with Crippen LogP contribution in [0.2, 0.25) is 0 Å². The first-order chi connectivity index (χ1) is 10.6. The second-order valence-corrected chi connectivity index (χ2v) is 7.56. The molecule has 8 heteroatoms. The van der Waals surface area contributed by atoms with Crippen molar-refractivity contribution in [2.45, 2.75) is 49.8 Å². The number of rotatable bonds is 6. The summed E-state index contributed by atoms with van der Waals surface area (Å²) in [6.45, 7) is 4.29. The van der Waals surface area contributed by atoms with E-state index < -0.39 is 40.8 Å². The molecule has 3 atom stereocenters. The SMILES string of the molecule is Cc1ccc(S(=O)(=O)OC[C@H]2OC(C)(C)O[C@@H]2[C@H](O)CO)cc1. The van der Waals surface area contributed by atoms with E-state index in [1.807, 2.05) is 6.92 Å². The predicted molar refractivity (Wildman–Crippen MR) is 81.2 cm³/mol. The van der Waals surface area contributed by atoms with E-state index in [1.54, 1.807) is 26.0 Å². The Kier molecular flexibility index (Phi) is 5.44. The number of aliphatic hydroxyl groups is 2. The van der Waals surface area contributed by atoms with Crippen molar-refractivity contribution in [1.29, 1.82) is 0 Å². The normalized spacial score (nSPS) is 25.4. The van der Waals surface area contributed by atoms with Crippen LogP contribution < -0.4 is 0 Å². The highest BCUT2D eigenvalue weighted by atomic mass is 32.2. The number of benzene rings is 1. The van der Waals surface area contributed by atoms with Gasteiger partial charge >= 0.3 is 0 Å². The summed E-state index contributed by atoms with van der Waals surface area (Å²) in [5.74, 6) is -0.998. The summed E-state index contributed by atoms with van der Waals surface area (Å²) in [7, 11) is -3.94. The molecule has 1 aliphatic rings. The van der Waals surface area contributed by atoms with Crippen molar-refractivity contribution >= 4 is 10.1 Å². The highest BCUT2D eigenvalue weighted by Crippen LogP contribution is 2.30. The van der Waals surface area contributed by atoms with Crippen LogP contribution in [0.4, 0.5) is 0 Å². The molecule has 0 aliphatic carbocycles. The Balaban J connectivity index is 2.07. The molecule has 0 unspecified atom stereocenters. The summed E-state index contributed by atoms with van der Waals surface area (Å²) >= 11 is 0. The van der Waals surface area contributed by atoms with Gasteiger partial charge < -0.3 is 19.7 Å². The van der Waals surface area contributed by atoms with Crippen LogP contribution in [-0.4, -0.2) is 55.9 Å². The molecule has 0 aromatic heterocycles. The fourth-order valence-electron chi connectivity index (χ4n) is 2.35. The average Bonchev–Trinajstić information content (AvgIpc) is 2.80. The Morgan fingerprint density at radius 1 is 1.26 bits per heavy atom. The van der Waals surface area contributed by atoms with Crippen molar-refractivity contribution in [3.05, 3.63) is 29.8 Å². The molecule has 1 fully saturated rings. The zero-order chi connectivity index (χ0) is 17.3. The molecular formula is C15H22O7S. The number of aryl methyl sites for hydroxylation is 1. The molecule has 1 aromatic carbocycles. The van der Waals surface area contributed by atoms with E-state index in [2.05, 4.69) is 0 Å². The lowest BCUT2D eigenvalue weighted by Gasteiger charge is -2.20. The lowest BCUT2D eigenvalue weighted by molar-refractivity contribution is -0.158. The summed E-state index contributed by atoms with van der Waals surface area (Å²) in [4.78, 5) is 0.0422. The Bertz CT molecular complexity index is 624. The molecule has 23 heavy (non-hydrogen) atoms. The Morgan fingerprint density at radius 2 is 1.87 bits per heavy atom. The van der Waals surface area contributed by atoms with Crippen molar-refractivity contribution in [3.63, 3.8) is 0 Å². The van der Waals surface area contributed by atoms with E-state index in [4.69, 9.17) is 18.8 Å². The van der Waals surface area contributed by atoms with Gasteiger partial charge in [-0.2, -0.15) is 8.42 Å². The molecule has 1 heterocycles. The molecule has 2 rings (SSSR count). The molecule has 130 valence electrons. The van der Waals surface area contributed by atoms with Gasteiger partial charge in [-0.25, -0.2) is 0 Å². The standard InChI is InChI=1S/C15H22O7S/c1-10-4-6-11(7-5-10)23(18,19)20-9-13-14(12(17)8-16)22-15(2,3)21-13/h4-7,12-14,16-17H,8-9H2,1-3H3/t12-,13-,14-/m1/s1. The van der Waals surface area contributed by atoms with Crippen molar-refractivity contribution in [1.82, 2.24) is 0 Å². The Morgan fingerprint density at radius 3 is 2.43 bits per heavy atom. The zero-order valence-electron chi connectivity index (χ0n) is 13.3. The van der Waals surface area contributed by atoms with Gasteiger partial charge in [-0.05, 0) is 32.9 Å². The molecule has 0 spiro atoms. The Labute approximate surface area is 135 Å². The van der Waals surface area contributed by atoms with E-state index in [9.17, 15) is 13.5 Å². The van der Waals surface area contributed by atoms with Crippen molar-refractivity contribution < 1.29 is 32.3 Å². The summed E-state index contributed by atoms with van der Waals surface area (Å²) < 4.78 is 40.4. The van der Waals surface area contributed by atoms with Gasteiger partial charge in [0.05, 0.1) is 18.1 Å². The van der Waals surface area contributed by atoms with Crippen LogP contribution in [0.15, 0.2) is 29.2 Å². The molecule has 7 nitrogen and oxygen atoms in total. The average molecular weight is 346 g/mol. The van der Waals surface area contributed by atoms with Gasteiger partial charge in [0.25, 0.3) is 10.1 Å². The molecule has 2 N–H and O–H groups in total. The van der Waals surface area contributed by atoms with Gasteiger partial charge in [0, 0.05) is 0 Å². The summed E-state index contributed by atoms with van der Waals surface area (Å²) in [6.07, 6.45) is -2.87. The second-order valence-electron chi connectivity index (χ2n) is 5.94. The second kappa shape index (κ2) is 6.84. The molecular weight excluding hydrogens is 324 g/mol. The third-order valence-electron chi connectivity index (χ3n) is 3.48. The summed E-state index contributed by atoms with van der Waals surface area (Å²) in [5, 5.41) is 18.8. The third-order valence-corrected chi connectivity index (χ3v) is 4.78. The minimum atomic E-state index is -3.94. The number of ether oxygens (including phenoxy) is 2. The predicted octanol–water partition coefficient (Wildman–Crippen LogP) is 0.574. The zero-order valence-corrected chi connectivity index (χ0v) is 14.1. The first-order valence-corrected chi connectivity index (χ1v) is 8.66. The Hall–Kier alpha value is -1.03. The number of aliphatic hydroxyl groups excluding tert-OH is 2. The maximum atomic E-state index is 12.2. The van der Waals surface area contributed by atoms with Crippen LogP contribution in [-0.2, 0) is 23.8 Å². The van der Waals surface area contributed by atoms with E-state index >= 15 is 0 Å². The van der Waals surface area contributed by atoms with E-state index in [0.717, 1.165) is 5.56 Å². The first kappa shape index (κ1) is 18.3. The van der Waals surface area contributed by atoms with Crippen LogP contribution >= 0.6 is 0 Å². The number of hydrogen-bond acceptors (Lipinski definition) is 7. The molecule has 0 amide bonds. The van der Waals surface area contributed by atoms with Crippen LogP contribution in [0.1, 0.15) is 19.4 Å². The summed E-state index contributed by atoms with van der Waals surface area (Å²) in [5.41, 5.74) is 0.935. The van der Waals surface area contributed by atoms with Crippen molar-refractivity contribution in [3.8, 4) is 0 Å². The quantitative estimate of drug-likeness (QED) is 0.726. The smallest absolute Gasteiger partial charge is 0.297 e. The van der Waals surface area contributed by atoms with Gasteiger partial charge in [0.1, 0.15) is 18.3 Å². The summed E-state index contributed by atoms with van der Waals surface area (Å²) in [6, 6.07) is 6.26. The number of hydrogen-bond donors (Lipinski definition) is 2. The fourth-order valence-corrected chi connectivity index (χ4v) is 3.27. The topological polar surface area (TPSA) is 102 Å². The highest BCUT2D eigenvalue weighted by molar-refractivity contribution is 7.86. The van der Waals surface area contributed by atoms with Gasteiger partial charge in [0.2, 0.25) is 0 Å².